The summed E-state index contributed by atoms with van der Waals surface area (Å²) in [6, 6.07) is 12.8. The zero-order chi connectivity index (χ0) is 26.5. The smallest absolute Gasteiger partial charge is 0.196 e. The van der Waals surface area contributed by atoms with Crippen molar-refractivity contribution in [1.82, 2.24) is 0 Å². The predicted molar refractivity (Wildman–Crippen MR) is 133 cm³/mol. The molecule has 0 spiro atoms. The van der Waals surface area contributed by atoms with E-state index in [0.29, 0.717) is 12.8 Å². The molecule has 9 heteroatoms. The van der Waals surface area contributed by atoms with Crippen molar-refractivity contribution in [2.75, 3.05) is 0 Å². The molecule has 5 rings (SSSR count). The van der Waals surface area contributed by atoms with E-state index in [1.807, 2.05) is 6.07 Å². The van der Waals surface area contributed by atoms with E-state index in [2.05, 4.69) is 0 Å². The fourth-order valence-electron chi connectivity index (χ4n) is 4.75. The van der Waals surface area contributed by atoms with E-state index in [4.69, 9.17) is 9.15 Å². The van der Waals surface area contributed by atoms with Gasteiger partial charge in [-0.15, -0.1) is 0 Å². The SMILES string of the molecule is CC1(CCc2cccc(O)c2)Oc2cc3oc(C(O)c4cc(O)cc(O)c4)cc(=O)c3c(O)c2CC1O. The van der Waals surface area contributed by atoms with Crippen LogP contribution in [-0.4, -0.2) is 42.3 Å². The highest BCUT2D eigenvalue weighted by atomic mass is 16.5. The van der Waals surface area contributed by atoms with Crippen LogP contribution in [0.5, 0.6) is 28.7 Å². The number of aryl methyl sites for hydroxylation is 1. The number of aliphatic hydroxyl groups excluding tert-OH is 2. The number of aromatic hydroxyl groups is 4. The maximum Gasteiger partial charge on any atom is 0.196 e. The molecular formula is C28H26O9. The highest BCUT2D eigenvalue weighted by Crippen LogP contribution is 2.44. The molecule has 0 radical (unpaired) electrons. The first-order valence-electron chi connectivity index (χ1n) is 11.7. The van der Waals surface area contributed by atoms with Crippen LogP contribution in [0.25, 0.3) is 11.0 Å². The van der Waals surface area contributed by atoms with Gasteiger partial charge in [0.15, 0.2) is 5.43 Å². The average molecular weight is 507 g/mol. The molecule has 1 aromatic heterocycles. The fourth-order valence-corrected chi connectivity index (χ4v) is 4.75. The van der Waals surface area contributed by atoms with Gasteiger partial charge in [0.1, 0.15) is 57.2 Å². The van der Waals surface area contributed by atoms with Gasteiger partial charge in [-0.05, 0) is 55.2 Å². The Morgan fingerprint density at radius 3 is 2.43 bits per heavy atom. The first-order chi connectivity index (χ1) is 17.5. The lowest BCUT2D eigenvalue weighted by Crippen LogP contribution is -2.49. The number of hydrogen-bond acceptors (Lipinski definition) is 9. The summed E-state index contributed by atoms with van der Waals surface area (Å²) in [6.07, 6.45) is -1.51. The first-order valence-corrected chi connectivity index (χ1v) is 11.7. The van der Waals surface area contributed by atoms with E-state index < -0.39 is 23.2 Å². The van der Waals surface area contributed by atoms with Gasteiger partial charge >= 0.3 is 0 Å². The van der Waals surface area contributed by atoms with Gasteiger partial charge in [0.05, 0.1) is 6.10 Å². The van der Waals surface area contributed by atoms with Crippen LogP contribution in [0.15, 0.2) is 63.8 Å². The van der Waals surface area contributed by atoms with E-state index >= 15 is 0 Å². The van der Waals surface area contributed by atoms with Gasteiger partial charge in [-0.1, -0.05) is 12.1 Å². The molecule has 0 bridgehead atoms. The van der Waals surface area contributed by atoms with Crippen molar-refractivity contribution in [2.24, 2.45) is 0 Å². The first kappa shape index (κ1) is 24.5. The number of aliphatic hydroxyl groups is 2. The van der Waals surface area contributed by atoms with Crippen LogP contribution in [0.2, 0.25) is 0 Å². The molecule has 9 nitrogen and oxygen atoms in total. The molecule has 0 amide bonds. The lowest BCUT2D eigenvalue weighted by atomic mass is 9.84. The van der Waals surface area contributed by atoms with E-state index in [9.17, 15) is 35.4 Å². The number of phenols is 4. The molecule has 0 saturated carbocycles. The van der Waals surface area contributed by atoms with Crippen molar-refractivity contribution >= 4 is 11.0 Å². The van der Waals surface area contributed by atoms with Gasteiger partial charge in [-0.3, -0.25) is 4.79 Å². The number of benzene rings is 3. The summed E-state index contributed by atoms with van der Waals surface area (Å²) >= 11 is 0. The van der Waals surface area contributed by atoms with Crippen molar-refractivity contribution in [1.29, 1.82) is 0 Å². The third-order valence-electron chi connectivity index (χ3n) is 6.85. The maximum atomic E-state index is 12.9. The van der Waals surface area contributed by atoms with Gasteiger partial charge < -0.3 is 39.8 Å². The van der Waals surface area contributed by atoms with E-state index in [1.165, 1.54) is 18.2 Å². The Morgan fingerprint density at radius 1 is 1.00 bits per heavy atom. The Balaban J connectivity index is 1.51. The molecule has 1 aliphatic rings. The minimum Gasteiger partial charge on any atom is -0.508 e. The Kier molecular flexibility index (Phi) is 5.97. The minimum atomic E-state index is -1.48. The van der Waals surface area contributed by atoms with E-state index in [1.54, 1.807) is 25.1 Å². The molecule has 4 aromatic rings. The van der Waals surface area contributed by atoms with Crippen molar-refractivity contribution in [3.63, 3.8) is 0 Å². The molecule has 2 heterocycles. The number of rotatable bonds is 5. The second kappa shape index (κ2) is 9.02. The second-order valence-corrected chi connectivity index (χ2v) is 9.58. The van der Waals surface area contributed by atoms with Crippen molar-refractivity contribution in [3.05, 3.63) is 87.3 Å². The Bertz CT molecular complexity index is 1540. The molecule has 1 aliphatic heterocycles. The molecule has 3 aromatic carbocycles. The molecule has 3 unspecified atom stereocenters. The number of fused-ring (bicyclic) bond motifs is 2. The highest BCUT2D eigenvalue weighted by molar-refractivity contribution is 5.87. The van der Waals surface area contributed by atoms with Crippen LogP contribution in [0.3, 0.4) is 0 Å². The van der Waals surface area contributed by atoms with Crippen LogP contribution in [0.1, 0.15) is 41.9 Å². The topological polar surface area (TPSA) is 161 Å². The average Bonchev–Trinajstić information content (AvgIpc) is 2.83. The standard InChI is InChI=1S/C28H26O9/c1-28(6-5-14-3-2-4-16(29)7-14)24(33)11-19-21(37-28)13-22-25(27(19)35)20(32)12-23(36-22)26(34)15-8-17(30)10-18(31)9-15/h2-4,7-10,12-13,24,26,29-31,33-35H,5-6,11H2,1H3. The van der Waals surface area contributed by atoms with Crippen molar-refractivity contribution in [2.45, 2.75) is 44.0 Å². The summed E-state index contributed by atoms with van der Waals surface area (Å²) in [5.41, 5.74) is -0.448. The Hall–Kier alpha value is -4.21. The second-order valence-electron chi connectivity index (χ2n) is 9.58. The lowest BCUT2D eigenvalue weighted by molar-refractivity contribution is -0.0595. The molecule has 3 atom stereocenters. The van der Waals surface area contributed by atoms with Crippen LogP contribution in [0.4, 0.5) is 0 Å². The zero-order valence-corrected chi connectivity index (χ0v) is 19.9. The molecule has 0 aliphatic carbocycles. The van der Waals surface area contributed by atoms with Crippen LogP contribution < -0.4 is 10.2 Å². The van der Waals surface area contributed by atoms with Gasteiger partial charge in [0.25, 0.3) is 0 Å². The predicted octanol–water partition coefficient (Wildman–Crippen LogP) is 3.38. The van der Waals surface area contributed by atoms with Crippen LogP contribution in [0, 0.1) is 0 Å². The lowest BCUT2D eigenvalue weighted by Gasteiger charge is -2.40. The van der Waals surface area contributed by atoms with Crippen molar-refractivity contribution in [3.8, 4) is 28.7 Å². The largest absolute Gasteiger partial charge is 0.508 e. The van der Waals surface area contributed by atoms with Gasteiger partial charge in [0.2, 0.25) is 0 Å². The summed E-state index contributed by atoms with van der Waals surface area (Å²) in [5.74, 6) is -0.709. The Morgan fingerprint density at radius 2 is 1.73 bits per heavy atom. The van der Waals surface area contributed by atoms with E-state index in [-0.39, 0.29) is 63.0 Å². The Labute approximate surface area is 211 Å². The zero-order valence-electron chi connectivity index (χ0n) is 19.9. The van der Waals surface area contributed by atoms with Crippen LogP contribution >= 0.6 is 0 Å². The molecular weight excluding hydrogens is 480 g/mol. The van der Waals surface area contributed by atoms with Crippen molar-refractivity contribution < 1.29 is 39.8 Å². The molecule has 37 heavy (non-hydrogen) atoms. The normalized spacial score (nSPS) is 19.8. The fraction of sp³-hybridized carbons (Fsp3) is 0.250. The monoisotopic (exact) mass is 506 g/mol. The summed E-state index contributed by atoms with van der Waals surface area (Å²) in [5, 5.41) is 61.6. The third kappa shape index (κ3) is 4.54. The van der Waals surface area contributed by atoms with Gasteiger partial charge in [-0.25, -0.2) is 0 Å². The van der Waals surface area contributed by atoms with Gasteiger partial charge in [0, 0.05) is 30.2 Å². The summed E-state index contributed by atoms with van der Waals surface area (Å²) < 4.78 is 11.9. The molecule has 0 fully saturated rings. The number of ether oxygens (including phenoxy) is 1. The minimum absolute atomic E-state index is 0.0334. The maximum absolute atomic E-state index is 12.9. The van der Waals surface area contributed by atoms with E-state index in [0.717, 1.165) is 17.7 Å². The van der Waals surface area contributed by atoms with Crippen LogP contribution in [-0.2, 0) is 12.8 Å². The number of hydrogen-bond donors (Lipinski definition) is 6. The highest BCUT2D eigenvalue weighted by Gasteiger charge is 2.41. The molecule has 192 valence electrons. The number of phenolic OH excluding ortho intramolecular Hbond substituents is 4. The summed E-state index contributed by atoms with van der Waals surface area (Å²) in [6.45, 7) is 1.75. The summed E-state index contributed by atoms with van der Waals surface area (Å²) in [7, 11) is 0. The third-order valence-corrected chi connectivity index (χ3v) is 6.85. The summed E-state index contributed by atoms with van der Waals surface area (Å²) in [4.78, 5) is 12.9. The molecule has 6 N–H and O–H groups in total. The quantitative estimate of drug-likeness (QED) is 0.238. The van der Waals surface area contributed by atoms with Gasteiger partial charge in [-0.2, -0.15) is 0 Å². The molecule has 0 saturated heterocycles.